The van der Waals surface area contributed by atoms with Gasteiger partial charge in [0.2, 0.25) is 0 Å². The predicted molar refractivity (Wildman–Crippen MR) is 81.6 cm³/mol. The topological polar surface area (TPSA) is 24.5 Å². The Bertz CT molecular complexity index is 414. The Balaban J connectivity index is 1.49. The van der Waals surface area contributed by atoms with E-state index >= 15 is 0 Å². The number of nitrogens with one attached hydrogen (secondary N) is 1. The second-order valence-electron chi connectivity index (χ2n) is 6.21. The van der Waals surface area contributed by atoms with E-state index in [1.807, 2.05) is 7.11 Å². The number of hydrogen-bond acceptors (Lipinski definition) is 3. The molecular weight excluding hydrogens is 248 g/mol. The molecule has 0 spiro atoms. The van der Waals surface area contributed by atoms with E-state index in [1.165, 1.54) is 43.4 Å². The first-order valence-electron chi connectivity index (χ1n) is 7.90. The minimum absolute atomic E-state index is 0.422. The van der Waals surface area contributed by atoms with E-state index in [-0.39, 0.29) is 0 Å². The SMILES string of the molecule is COC1CCCN(Cc2ccc(CNC3CC3)cc2)C1. The number of methoxy groups -OCH3 is 1. The van der Waals surface area contributed by atoms with Crippen molar-refractivity contribution in [2.24, 2.45) is 0 Å². The highest BCUT2D eigenvalue weighted by Crippen LogP contribution is 2.20. The summed E-state index contributed by atoms with van der Waals surface area (Å²) in [5.41, 5.74) is 2.81. The van der Waals surface area contributed by atoms with Crippen molar-refractivity contribution in [1.82, 2.24) is 10.2 Å². The molecule has 110 valence electrons. The van der Waals surface area contributed by atoms with Crippen LogP contribution < -0.4 is 5.32 Å². The molecule has 1 heterocycles. The number of benzene rings is 1. The van der Waals surface area contributed by atoms with Crippen LogP contribution in [-0.4, -0.2) is 37.2 Å². The van der Waals surface area contributed by atoms with Crippen molar-refractivity contribution in [1.29, 1.82) is 0 Å². The number of likely N-dealkylation sites (tertiary alicyclic amines) is 1. The van der Waals surface area contributed by atoms with Gasteiger partial charge >= 0.3 is 0 Å². The minimum Gasteiger partial charge on any atom is -0.380 e. The third-order valence-corrected chi connectivity index (χ3v) is 4.40. The van der Waals surface area contributed by atoms with Gasteiger partial charge in [0.25, 0.3) is 0 Å². The number of ether oxygens (including phenoxy) is 1. The average molecular weight is 274 g/mol. The van der Waals surface area contributed by atoms with Gasteiger partial charge in [-0.2, -0.15) is 0 Å². The van der Waals surface area contributed by atoms with Crippen LogP contribution in [0.1, 0.15) is 36.8 Å². The fourth-order valence-corrected chi connectivity index (χ4v) is 2.92. The maximum atomic E-state index is 5.49. The Kier molecular flexibility index (Phi) is 4.71. The van der Waals surface area contributed by atoms with Gasteiger partial charge in [0.1, 0.15) is 0 Å². The lowest BCUT2D eigenvalue weighted by atomic mass is 10.1. The van der Waals surface area contributed by atoms with Crippen LogP contribution in [0.5, 0.6) is 0 Å². The summed E-state index contributed by atoms with van der Waals surface area (Å²) in [4.78, 5) is 2.51. The molecule has 1 N–H and O–H groups in total. The molecule has 1 aromatic carbocycles. The molecule has 1 saturated carbocycles. The number of rotatable bonds is 6. The summed E-state index contributed by atoms with van der Waals surface area (Å²) < 4.78 is 5.49. The highest BCUT2D eigenvalue weighted by molar-refractivity contribution is 5.22. The molecule has 20 heavy (non-hydrogen) atoms. The lowest BCUT2D eigenvalue weighted by Crippen LogP contribution is -2.38. The zero-order valence-corrected chi connectivity index (χ0v) is 12.5. The Morgan fingerprint density at radius 2 is 1.90 bits per heavy atom. The van der Waals surface area contributed by atoms with Crippen molar-refractivity contribution in [3.8, 4) is 0 Å². The molecule has 3 nitrogen and oxygen atoms in total. The molecule has 1 atom stereocenters. The molecule has 1 aliphatic heterocycles. The first-order chi connectivity index (χ1) is 9.83. The lowest BCUT2D eigenvalue weighted by Gasteiger charge is -2.31. The molecule has 2 aliphatic rings. The Morgan fingerprint density at radius 3 is 2.60 bits per heavy atom. The van der Waals surface area contributed by atoms with Crippen molar-refractivity contribution >= 4 is 0 Å². The van der Waals surface area contributed by atoms with Crippen LogP contribution in [0, 0.1) is 0 Å². The predicted octanol–water partition coefficient (Wildman–Crippen LogP) is 2.55. The Hall–Kier alpha value is -0.900. The van der Waals surface area contributed by atoms with Crippen LogP contribution >= 0.6 is 0 Å². The maximum Gasteiger partial charge on any atom is 0.0698 e. The van der Waals surface area contributed by atoms with Gasteiger partial charge < -0.3 is 10.1 Å². The van der Waals surface area contributed by atoms with E-state index in [9.17, 15) is 0 Å². The molecule has 3 rings (SSSR count). The molecule has 0 bridgehead atoms. The zero-order chi connectivity index (χ0) is 13.8. The summed E-state index contributed by atoms with van der Waals surface area (Å²) >= 11 is 0. The number of hydrogen-bond donors (Lipinski definition) is 1. The van der Waals surface area contributed by atoms with E-state index in [0.717, 1.165) is 25.7 Å². The van der Waals surface area contributed by atoms with Crippen molar-refractivity contribution in [3.63, 3.8) is 0 Å². The van der Waals surface area contributed by atoms with Crippen LogP contribution in [0.2, 0.25) is 0 Å². The van der Waals surface area contributed by atoms with Gasteiger partial charge in [0, 0.05) is 32.8 Å². The van der Waals surface area contributed by atoms with Crippen LogP contribution in [0.25, 0.3) is 0 Å². The summed E-state index contributed by atoms with van der Waals surface area (Å²) in [6, 6.07) is 9.87. The van der Waals surface area contributed by atoms with Gasteiger partial charge in [-0.05, 0) is 43.4 Å². The standard InChI is InChI=1S/C17H26N2O/c1-20-17-3-2-10-19(13-17)12-15-6-4-14(5-7-15)11-18-16-8-9-16/h4-7,16-18H,2-3,8-13H2,1H3. The van der Waals surface area contributed by atoms with Crippen LogP contribution in [0.3, 0.4) is 0 Å². The molecule has 1 saturated heterocycles. The van der Waals surface area contributed by atoms with Gasteiger partial charge in [-0.3, -0.25) is 4.90 Å². The van der Waals surface area contributed by atoms with Gasteiger partial charge in [-0.1, -0.05) is 24.3 Å². The molecule has 0 radical (unpaired) electrons. The Labute approximate surface area is 122 Å². The monoisotopic (exact) mass is 274 g/mol. The van der Waals surface area contributed by atoms with Gasteiger partial charge in [-0.15, -0.1) is 0 Å². The molecule has 3 heteroatoms. The average Bonchev–Trinajstić information content (AvgIpc) is 3.31. The highest BCUT2D eigenvalue weighted by Gasteiger charge is 2.20. The van der Waals surface area contributed by atoms with Crippen molar-refractivity contribution in [3.05, 3.63) is 35.4 Å². The fraction of sp³-hybridized carbons (Fsp3) is 0.647. The zero-order valence-electron chi connectivity index (χ0n) is 12.5. The third-order valence-electron chi connectivity index (χ3n) is 4.40. The highest BCUT2D eigenvalue weighted by atomic mass is 16.5. The second kappa shape index (κ2) is 6.70. The van der Waals surface area contributed by atoms with E-state index in [4.69, 9.17) is 4.74 Å². The molecular formula is C17H26N2O. The van der Waals surface area contributed by atoms with E-state index < -0.39 is 0 Å². The molecule has 1 unspecified atom stereocenters. The van der Waals surface area contributed by atoms with E-state index in [0.29, 0.717) is 6.10 Å². The summed E-state index contributed by atoms with van der Waals surface area (Å²) in [6.07, 6.45) is 5.59. The number of piperidine rings is 1. The molecule has 0 amide bonds. The first-order valence-corrected chi connectivity index (χ1v) is 7.90. The van der Waals surface area contributed by atoms with Crippen LogP contribution in [-0.2, 0) is 17.8 Å². The summed E-state index contributed by atoms with van der Waals surface area (Å²) in [7, 11) is 1.83. The normalized spacial score (nSPS) is 23.9. The quantitative estimate of drug-likeness (QED) is 0.863. The fourth-order valence-electron chi connectivity index (χ4n) is 2.92. The maximum absolute atomic E-state index is 5.49. The largest absolute Gasteiger partial charge is 0.380 e. The summed E-state index contributed by atoms with van der Waals surface area (Å²) in [6.45, 7) is 4.34. The van der Waals surface area contributed by atoms with Gasteiger partial charge in [0.05, 0.1) is 6.10 Å². The van der Waals surface area contributed by atoms with Crippen molar-refractivity contribution in [2.75, 3.05) is 20.2 Å². The van der Waals surface area contributed by atoms with Crippen LogP contribution in [0.15, 0.2) is 24.3 Å². The number of nitrogens with zero attached hydrogens (tertiary/aromatic N) is 1. The van der Waals surface area contributed by atoms with E-state index in [2.05, 4.69) is 34.5 Å². The third kappa shape index (κ3) is 4.05. The molecule has 2 fully saturated rings. The molecule has 1 aliphatic carbocycles. The smallest absolute Gasteiger partial charge is 0.0698 e. The lowest BCUT2D eigenvalue weighted by molar-refractivity contribution is 0.0285. The second-order valence-corrected chi connectivity index (χ2v) is 6.21. The summed E-state index contributed by atoms with van der Waals surface area (Å²) in [5.74, 6) is 0. The van der Waals surface area contributed by atoms with E-state index in [1.54, 1.807) is 0 Å². The van der Waals surface area contributed by atoms with Crippen molar-refractivity contribution < 1.29 is 4.74 Å². The first kappa shape index (κ1) is 14.1. The minimum atomic E-state index is 0.422. The summed E-state index contributed by atoms with van der Waals surface area (Å²) in [5, 5.41) is 3.56. The van der Waals surface area contributed by atoms with Gasteiger partial charge in [0.15, 0.2) is 0 Å². The van der Waals surface area contributed by atoms with Crippen LogP contribution in [0.4, 0.5) is 0 Å². The Morgan fingerprint density at radius 1 is 1.15 bits per heavy atom. The van der Waals surface area contributed by atoms with Crippen molar-refractivity contribution in [2.45, 2.75) is 50.9 Å². The molecule has 0 aromatic heterocycles. The molecule has 1 aromatic rings. The van der Waals surface area contributed by atoms with Gasteiger partial charge in [-0.25, -0.2) is 0 Å².